The summed E-state index contributed by atoms with van der Waals surface area (Å²) in [5.41, 5.74) is 3.21. The topological polar surface area (TPSA) is 88.3 Å². The number of fused-ring (bicyclic) bond motifs is 2. The van der Waals surface area contributed by atoms with Crippen molar-refractivity contribution in [1.82, 2.24) is 15.0 Å². The first kappa shape index (κ1) is 20.2. The average Bonchev–Trinajstić information content (AvgIpc) is 3.24. The number of anilines is 1. The fourth-order valence-corrected chi connectivity index (χ4v) is 4.29. The Bertz CT molecular complexity index is 1340. The van der Waals surface area contributed by atoms with Gasteiger partial charge in [-0.1, -0.05) is 47.1 Å². The number of halogens is 1. The van der Waals surface area contributed by atoms with Crippen LogP contribution in [-0.2, 0) is 11.3 Å². The maximum atomic E-state index is 13.5. The predicted octanol–water partition coefficient (Wildman–Crippen LogP) is 4.56. The van der Waals surface area contributed by atoms with Crippen LogP contribution in [0.3, 0.4) is 0 Å². The maximum absolute atomic E-state index is 13.5. The SMILES string of the molecule is Cc1nocc1C(=O)N1Cc2ccc(Cl)cc2C(C(=O)Nc2cncc3ccccc23)C1. The Balaban J connectivity index is 1.49. The molecule has 0 spiro atoms. The third kappa shape index (κ3) is 3.61. The lowest BCUT2D eigenvalue weighted by Gasteiger charge is -2.34. The zero-order valence-corrected chi connectivity index (χ0v) is 18.0. The smallest absolute Gasteiger partial charge is 0.259 e. The molecule has 8 heteroatoms. The van der Waals surface area contributed by atoms with Gasteiger partial charge in [-0.25, -0.2) is 0 Å². The second-order valence-corrected chi connectivity index (χ2v) is 8.23. The normalized spacial score (nSPS) is 15.4. The molecule has 7 nitrogen and oxygen atoms in total. The van der Waals surface area contributed by atoms with Crippen LogP contribution >= 0.6 is 11.6 Å². The minimum atomic E-state index is -0.597. The molecule has 0 fully saturated rings. The second kappa shape index (κ2) is 8.09. The second-order valence-electron chi connectivity index (χ2n) is 7.79. The number of hydrogen-bond donors (Lipinski definition) is 1. The number of rotatable bonds is 3. The first-order valence-electron chi connectivity index (χ1n) is 10.1. The summed E-state index contributed by atoms with van der Waals surface area (Å²) in [6.45, 7) is 2.29. The van der Waals surface area contributed by atoms with Crippen LogP contribution in [0.1, 0.15) is 33.1 Å². The standard InChI is InChI=1S/C24H19ClN4O3/c1-14-21(13-32-28-14)24(31)29-11-16-6-7-17(25)8-19(16)20(12-29)23(30)27-22-10-26-9-15-4-2-3-5-18(15)22/h2-10,13,20H,11-12H2,1H3,(H,27,30). The highest BCUT2D eigenvalue weighted by molar-refractivity contribution is 6.30. The van der Waals surface area contributed by atoms with Gasteiger partial charge in [-0.15, -0.1) is 0 Å². The Labute approximate surface area is 189 Å². The summed E-state index contributed by atoms with van der Waals surface area (Å²) in [5, 5.41) is 9.18. The fourth-order valence-electron chi connectivity index (χ4n) is 4.11. The van der Waals surface area contributed by atoms with E-state index in [1.54, 1.807) is 36.4 Å². The first-order chi connectivity index (χ1) is 15.5. The molecule has 2 aromatic carbocycles. The first-order valence-corrected chi connectivity index (χ1v) is 10.5. The molecular formula is C24H19ClN4O3. The molecule has 160 valence electrons. The van der Waals surface area contributed by atoms with E-state index >= 15 is 0 Å². The molecule has 32 heavy (non-hydrogen) atoms. The predicted molar refractivity (Wildman–Crippen MR) is 121 cm³/mol. The average molecular weight is 447 g/mol. The number of carbonyl (C=O) groups is 2. The highest BCUT2D eigenvalue weighted by atomic mass is 35.5. The lowest BCUT2D eigenvalue weighted by molar-refractivity contribution is -0.118. The molecule has 4 aromatic rings. The van der Waals surface area contributed by atoms with E-state index in [2.05, 4.69) is 15.5 Å². The van der Waals surface area contributed by atoms with E-state index in [1.165, 1.54) is 6.26 Å². The van der Waals surface area contributed by atoms with Gasteiger partial charge < -0.3 is 14.7 Å². The van der Waals surface area contributed by atoms with Gasteiger partial charge in [-0.05, 0) is 30.2 Å². The van der Waals surface area contributed by atoms with Crippen LogP contribution in [0.2, 0.25) is 5.02 Å². The number of hydrogen-bond acceptors (Lipinski definition) is 5. The van der Waals surface area contributed by atoms with Crippen LogP contribution < -0.4 is 5.32 Å². The summed E-state index contributed by atoms with van der Waals surface area (Å²) in [7, 11) is 0. The Hall–Kier alpha value is -3.71. The van der Waals surface area contributed by atoms with Crippen LogP contribution in [0, 0.1) is 6.92 Å². The molecule has 1 N–H and O–H groups in total. The summed E-state index contributed by atoms with van der Waals surface area (Å²) >= 11 is 6.24. The number of nitrogens with zero attached hydrogens (tertiary/aromatic N) is 3. The number of amides is 2. The highest BCUT2D eigenvalue weighted by Crippen LogP contribution is 2.33. The maximum Gasteiger partial charge on any atom is 0.259 e. The molecule has 5 rings (SSSR count). The minimum Gasteiger partial charge on any atom is -0.364 e. The van der Waals surface area contributed by atoms with Gasteiger partial charge in [0, 0.05) is 35.1 Å². The number of pyridine rings is 1. The molecule has 1 aliphatic rings. The fraction of sp³-hybridized carbons (Fsp3) is 0.167. The summed E-state index contributed by atoms with van der Waals surface area (Å²) in [6, 6.07) is 13.1. The van der Waals surface area contributed by atoms with E-state index in [-0.39, 0.29) is 18.4 Å². The number of carbonyl (C=O) groups excluding carboxylic acids is 2. The molecule has 0 radical (unpaired) electrons. The van der Waals surface area contributed by atoms with Crippen molar-refractivity contribution >= 4 is 39.9 Å². The van der Waals surface area contributed by atoms with Gasteiger partial charge in [0.1, 0.15) is 11.8 Å². The Morgan fingerprint density at radius 2 is 2.03 bits per heavy atom. The van der Waals surface area contributed by atoms with Gasteiger partial charge >= 0.3 is 0 Å². The van der Waals surface area contributed by atoms with Crippen molar-refractivity contribution in [1.29, 1.82) is 0 Å². The number of nitrogens with one attached hydrogen (secondary N) is 1. The van der Waals surface area contributed by atoms with Gasteiger partial charge in [-0.3, -0.25) is 14.6 Å². The van der Waals surface area contributed by atoms with Crippen molar-refractivity contribution in [2.24, 2.45) is 0 Å². The van der Waals surface area contributed by atoms with Gasteiger partial charge in [0.2, 0.25) is 5.91 Å². The van der Waals surface area contributed by atoms with Gasteiger partial charge in [0.05, 0.1) is 23.5 Å². The molecular weight excluding hydrogens is 428 g/mol. The minimum absolute atomic E-state index is 0.209. The van der Waals surface area contributed by atoms with Gasteiger partial charge in [0.25, 0.3) is 5.91 Å². The largest absolute Gasteiger partial charge is 0.364 e. The van der Waals surface area contributed by atoms with Crippen molar-refractivity contribution in [3.8, 4) is 0 Å². The lowest BCUT2D eigenvalue weighted by Crippen LogP contribution is -2.42. The van der Waals surface area contributed by atoms with Gasteiger partial charge in [-0.2, -0.15) is 0 Å². The molecule has 0 saturated carbocycles. The Kier molecular flexibility index (Phi) is 5.11. The summed E-state index contributed by atoms with van der Waals surface area (Å²) in [6.07, 6.45) is 4.72. The summed E-state index contributed by atoms with van der Waals surface area (Å²) in [4.78, 5) is 32.5. The van der Waals surface area contributed by atoms with Crippen molar-refractivity contribution in [2.45, 2.75) is 19.4 Å². The number of aryl methyl sites for hydroxylation is 1. The molecule has 2 amide bonds. The quantitative estimate of drug-likeness (QED) is 0.498. The van der Waals surface area contributed by atoms with Crippen molar-refractivity contribution in [2.75, 3.05) is 11.9 Å². The van der Waals surface area contributed by atoms with E-state index < -0.39 is 5.92 Å². The van der Waals surface area contributed by atoms with Crippen LogP contribution in [0.5, 0.6) is 0 Å². The lowest BCUT2D eigenvalue weighted by atomic mass is 9.88. The van der Waals surface area contributed by atoms with Crippen molar-refractivity contribution < 1.29 is 14.1 Å². The molecule has 1 unspecified atom stereocenters. The molecule has 0 saturated heterocycles. The summed E-state index contributed by atoms with van der Waals surface area (Å²) in [5.74, 6) is -1.05. The zero-order valence-electron chi connectivity index (χ0n) is 17.2. The third-order valence-corrected chi connectivity index (χ3v) is 5.99. The van der Waals surface area contributed by atoms with E-state index in [0.29, 0.717) is 28.5 Å². The Morgan fingerprint density at radius 3 is 2.84 bits per heavy atom. The van der Waals surface area contributed by atoms with E-state index in [4.69, 9.17) is 16.1 Å². The molecule has 0 bridgehead atoms. The monoisotopic (exact) mass is 446 g/mol. The van der Waals surface area contributed by atoms with E-state index in [0.717, 1.165) is 21.9 Å². The van der Waals surface area contributed by atoms with Crippen molar-refractivity contribution in [3.05, 3.63) is 88.5 Å². The van der Waals surface area contributed by atoms with Crippen molar-refractivity contribution in [3.63, 3.8) is 0 Å². The van der Waals surface area contributed by atoms with Gasteiger partial charge in [0.15, 0.2) is 0 Å². The molecule has 1 atom stereocenters. The van der Waals surface area contributed by atoms with Crippen LogP contribution in [-0.4, -0.2) is 33.4 Å². The molecule has 0 aliphatic carbocycles. The van der Waals surface area contributed by atoms with Crippen LogP contribution in [0.15, 0.2) is 65.6 Å². The van der Waals surface area contributed by atoms with Crippen LogP contribution in [0.25, 0.3) is 10.8 Å². The number of benzene rings is 2. The highest BCUT2D eigenvalue weighted by Gasteiger charge is 2.34. The zero-order chi connectivity index (χ0) is 22.2. The summed E-state index contributed by atoms with van der Waals surface area (Å²) < 4.78 is 4.94. The molecule has 1 aliphatic heterocycles. The third-order valence-electron chi connectivity index (χ3n) is 5.76. The number of aromatic nitrogens is 2. The van der Waals surface area contributed by atoms with E-state index in [9.17, 15) is 9.59 Å². The molecule has 3 heterocycles. The van der Waals surface area contributed by atoms with E-state index in [1.807, 2.05) is 30.3 Å². The van der Waals surface area contributed by atoms with Crippen LogP contribution in [0.4, 0.5) is 5.69 Å². The molecule has 2 aromatic heterocycles. The Morgan fingerprint density at radius 1 is 1.19 bits per heavy atom.